The number of imidazole rings is 1. The van der Waals surface area contributed by atoms with Gasteiger partial charge in [-0.3, -0.25) is 4.79 Å². The quantitative estimate of drug-likeness (QED) is 0.731. The van der Waals surface area contributed by atoms with Gasteiger partial charge in [-0.05, 0) is 12.1 Å². The van der Waals surface area contributed by atoms with Crippen LogP contribution in [0.2, 0.25) is 0 Å². The van der Waals surface area contributed by atoms with Gasteiger partial charge in [0.25, 0.3) is 5.88 Å². The molecular formula is C13H13N7O2. The first-order valence-electron chi connectivity index (χ1n) is 6.37. The van der Waals surface area contributed by atoms with E-state index in [-0.39, 0.29) is 17.6 Å². The van der Waals surface area contributed by atoms with E-state index in [1.54, 1.807) is 22.8 Å². The number of carbonyl (C=O) groups excluding carboxylic acids is 1. The zero-order chi connectivity index (χ0) is 15.7. The summed E-state index contributed by atoms with van der Waals surface area (Å²) < 4.78 is 6.60. The Hall–Kier alpha value is -3.23. The zero-order valence-corrected chi connectivity index (χ0v) is 11.9. The van der Waals surface area contributed by atoms with Gasteiger partial charge in [-0.2, -0.15) is 5.10 Å². The molecule has 0 saturated heterocycles. The molecule has 0 aliphatic rings. The molecule has 0 fully saturated rings. The number of anilines is 2. The van der Waals surface area contributed by atoms with Crippen LogP contribution in [0.1, 0.15) is 6.92 Å². The first-order chi connectivity index (χ1) is 10.6. The number of rotatable bonds is 3. The van der Waals surface area contributed by atoms with Crippen LogP contribution >= 0.6 is 0 Å². The molecule has 3 rings (SSSR count). The average molecular weight is 299 g/mol. The minimum atomic E-state index is -0.197. The third kappa shape index (κ3) is 2.51. The van der Waals surface area contributed by atoms with Crippen molar-refractivity contribution in [2.45, 2.75) is 6.92 Å². The molecule has 1 amide bonds. The maximum absolute atomic E-state index is 11.1. The number of aromatic nitrogens is 5. The van der Waals surface area contributed by atoms with Gasteiger partial charge in [0.1, 0.15) is 11.4 Å². The molecule has 0 bridgehead atoms. The summed E-state index contributed by atoms with van der Waals surface area (Å²) >= 11 is 0. The molecule has 3 aromatic rings. The molecule has 0 saturated carbocycles. The minimum absolute atomic E-state index is 0.197. The van der Waals surface area contributed by atoms with Gasteiger partial charge in [0.2, 0.25) is 5.91 Å². The van der Waals surface area contributed by atoms with Crippen molar-refractivity contribution >= 4 is 23.2 Å². The number of nitrogens with two attached hydrogens (primary N) is 1. The molecule has 0 aliphatic carbocycles. The van der Waals surface area contributed by atoms with Gasteiger partial charge in [0.15, 0.2) is 17.3 Å². The highest BCUT2D eigenvalue weighted by Crippen LogP contribution is 2.21. The molecule has 0 aromatic carbocycles. The number of ether oxygens (including phenoxy) is 1. The van der Waals surface area contributed by atoms with Crippen molar-refractivity contribution in [3.05, 3.63) is 24.5 Å². The van der Waals surface area contributed by atoms with E-state index in [0.29, 0.717) is 22.9 Å². The Bertz CT molecular complexity index is 859. The first-order valence-corrected chi connectivity index (χ1v) is 6.37. The molecule has 112 valence electrons. The summed E-state index contributed by atoms with van der Waals surface area (Å²) in [6.07, 6.45) is 3.12. The third-order valence-electron chi connectivity index (χ3n) is 2.85. The molecule has 0 radical (unpaired) electrons. The highest BCUT2D eigenvalue weighted by atomic mass is 16.5. The number of hydrogen-bond acceptors (Lipinski definition) is 7. The number of hydrogen-bond donors (Lipinski definition) is 2. The van der Waals surface area contributed by atoms with Crippen LogP contribution in [0.4, 0.5) is 11.6 Å². The van der Waals surface area contributed by atoms with Crippen LogP contribution in [0.5, 0.6) is 5.88 Å². The molecule has 3 heterocycles. The molecule has 3 N–H and O–H groups in total. The topological polar surface area (TPSA) is 120 Å². The SMILES string of the molecule is COc1nc(-c2ccc3nc(NC(C)=O)cn3n2)cnc1N. The van der Waals surface area contributed by atoms with E-state index in [1.807, 2.05) is 0 Å². The molecule has 0 atom stereocenters. The molecular weight excluding hydrogens is 286 g/mol. The number of carbonyl (C=O) groups is 1. The molecule has 0 aliphatic heterocycles. The smallest absolute Gasteiger partial charge is 0.257 e. The maximum atomic E-state index is 11.1. The van der Waals surface area contributed by atoms with Crippen LogP contribution in [-0.2, 0) is 4.79 Å². The van der Waals surface area contributed by atoms with Crippen LogP contribution in [0.3, 0.4) is 0 Å². The largest absolute Gasteiger partial charge is 0.478 e. The van der Waals surface area contributed by atoms with E-state index in [1.165, 1.54) is 20.2 Å². The standard InChI is InChI=1S/C13H13N7O2/c1-7(21)16-10-6-20-11(18-10)4-3-8(19-20)9-5-15-12(14)13(17-9)22-2/h3-6H,1-2H3,(H2,14,15)(H,16,21). The number of fused-ring (bicyclic) bond motifs is 1. The summed E-state index contributed by atoms with van der Waals surface area (Å²) in [5.74, 6) is 0.683. The highest BCUT2D eigenvalue weighted by Gasteiger charge is 2.10. The van der Waals surface area contributed by atoms with Gasteiger partial charge < -0.3 is 15.8 Å². The fraction of sp³-hybridized carbons (Fsp3) is 0.154. The van der Waals surface area contributed by atoms with Crippen LogP contribution in [0, 0.1) is 0 Å². The third-order valence-corrected chi connectivity index (χ3v) is 2.85. The Labute approximate surface area is 125 Å². The van der Waals surface area contributed by atoms with E-state index in [4.69, 9.17) is 10.5 Å². The molecule has 3 aromatic heterocycles. The van der Waals surface area contributed by atoms with Crippen molar-refractivity contribution in [3.8, 4) is 17.3 Å². The lowest BCUT2D eigenvalue weighted by Crippen LogP contribution is -2.05. The number of nitrogens with one attached hydrogen (secondary N) is 1. The Balaban J connectivity index is 2.02. The fourth-order valence-corrected chi connectivity index (χ4v) is 1.91. The van der Waals surface area contributed by atoms with Gasteiger partial charge >= 0.3 is 0 Å². The van der Waals surface area contributed by atoms with Gasteiger partial charge in [-0.25, -0.2) is 19.5 Å². The van der Waals surface area contributed by atoms with E-state index >= 15 is 0 Å². The van der Waals surface area contributed by atoms with Crippen LogP contribution < -0.4 is 15.8 Å². The molecule has 9 nitrogen and oxygen atoms in total. The predicted octanol–water partition coefficient (Wildman–Crippen LogP) is 0.735. The Morgan fingerprint density at radius 1 is 1.32 bits per heavy atom. The number of nitrogens with zero attached hydrogens (tertiary/aromatic N) is 5. The van der Waals surface area contributed by atoms with Crippen molar-refractivity contribution in [3.63, 3.8) is 0 Å². The number of nitrogen functional groups attached to an aromatic ring is 1. The predicted molar refractivity (Wildman–Crippen MR) is 79.3 cm³/mol. The summed E-state index contributed by atoms with van der Waals surface area (Å²) in [6, 6.07) is 3.51. The van der Waals surface area contributed by atoms with E-state index in [0.717, 1.165) is 0 Å². The summed E-state index contributed by atoms with van der Waals surface area (Å²) in [4.78, 5) is 23.5. The Morgan fingerprint density at radius 3 is 2.86 bits per heavy atom. The number of amides is 1. The lowest BCUT2D eigenvalue weighted by Gasteiger charge is -2.05. The first kappa shape index (κ1) is 13.7. The maximum Gasteiger partial charge on any atom is 0.257 e. The van der Waals surface area contributed by atoms with Crippen molar-refractivity contribution in [2.75, 3.05) is 18.2 Å². The van der Waals surface area contributed by atoms with Gasteiger partial charge in [0, 0.05) is 6.92 Å². The van der Waals surface area contributed by atoms with Crippen molar-refractivity contribution in [1.29, 1.82) is 0 Å². The van der Waals surface area contributed by atoms with Crippen molar-refractivity contribution < 1.29 is 9.53 Å². The Kier molecular flexibility index (Phi) is 3.30. The fourth-order valence-electron chi connectivity index (χ4n) is 1.91. The second kappa shape index (κ2) is 5.28. The summed E-state index contributed by atoms with van der Waals surface area (Å²) in [6.45, 7) is 1.42. The van der Waals surface area contributed by atoms with Crippen LogP contribution in [-0.4, -0.2) is 37.6 Å². The van der Waals surface area contributed by atoms with E-state index in [2.05, 4.69) is 25.4 Å². The summed E-state index contributed by atoms with van der Waals surface area (Å²) in [5.41, 5.74) is 7.33. The summed E-state index contributed by atoms with van der Waals surface area (Å²) in [5, 5.41) is 6.99. The second-order valence-corrected chi connectivity index (χ2v) is 4.48. The van der Waals surface area contributed by atoms with Crippen molar-refractivity contribution in [1.82, 2.24) is 24.6 Å². The second-order valence-electron chi connectivity index (χ2n) is 4.48. The highest BCUT2D eigenvalue weighted by molar-refractivity contribution is 5.87. The van der Waals surface area contributed by atoms with Gasteiger partial charge in [0.05, 0.1) is 19.5 Å². The molecule has 0 unspecified atom stereocenters. The van der Waals surface area contributed by atoms with Crippen LogP contribution in [0.25, 0.3) is 17.0 Å². The average Bonchev–Trinajstić information content (AvgIpc) is 2.88. The Morgan fingerprint density at radius 2 is 2.14 bits per heavy atom. The van der Waals surface area contributed by atoms with E-state index < -0.39 is 0 Å². The number of methoxy groups -OCH3 is 1. The van der Waals surface area contributed by atoms with Crippen LogP contribution in [0.15, 0.2) is 24.5 Å². The van der Waals surface area contributed by atoms with Gasteiger partial charge in [-0.1, -0.05) is 0 Å². The van der Waals surface area contributed by atoms with E-state index in [9.17, 15) is 4.79 Å². The zero-order valence-electron chi connectivity index (χ0n) is 11.9. The molecule has 9 heteroatoms. The lowest BCUT2D eigenvalue weighted by atomic mass is 10.3. The molecule has 0 spiro atoms. The monoisotopic (exact) mass is 299 g/mol. The summed E-state index contributed by atoms with van der Waals surface area (Å²) in [7, 11) is 1.47. The molecule has 22 heavy (non-hydrogen) atoms. The minimum Gasteiger partial charge on any atom is -0.478 e. The lowest BCUT2D eigenvalue weighted by molar-refractivity contribution is -0.114. The van der Waals surface area contributed by atoms with Crippen molar-refractivity contribution in [2.24, 2.45) is 0 Å². The van der Waals surface area contributed by atoms with Gasteiger partial charge in [-0.15, -0.1) is 0 Å². The normalized spacial score (nSPS) is 10.6.